The van der Waals surface area contributed by atoms with E-state index in [-0.39, 0.29) is 22.9 Å². The predicted octanol–water partition coefficient (Wildman–Crippen LogP) is 4.46. The Balaban J connectivity index is 1.64. The highest BCUT2D eigenvalue weighted by atomic mass is 35.5. The molecule has 2 aromatic heterocycles. The van der Waals surface area contributed by atoms with Crippen molar-refractivity contribution in [3.63, 3.8) is 0 Å². The number of halogens is 2. The van der Waals surface area contributed by atoms with E-state index in [4.69, 9.17) is 16.3 Å². The van der Waals surface area contributed by atoms with Gasteiger partial charge < -0.3 is 10.1 Å². The lowest BCUT2D eigenvalue weighted by Crippen LogP contribution is -2.26. The van der Waals surface area contributed by atoms with Crippen LogP contribution in [0, 0.1) is 12.7 Å². The van der Waals surface area contributed by atoms with E-state index >= 15 is 0 Å². The van der Waals surface area contributed by atoms with E-state index in [1.165, 1.54) is 10.7 Å². The van der Waals surface area contributed by atoms with Gasteiger partial charge in [0.2, 0.25) is 0 Å². The number of ether oxygens (including phenoxy) is 1. The van der Waals surface area contributed by atoms with Gasteiger partial charge in [0.05, 0.1) is 29.8 Å². The number of hydrogen-bond acceptors (Lipinski definition) is 7. The summed E-state index contributed by atoms with van der Waals surface area (Å²) < 4.78 is 21.7. The van der Waals surface area contributed by atoms with Gasteiger partial charge in [0, 0.05) is 29.3 Å². The number of rotatable bonds is 7. The number of carbonyl (C=O) groups is 1. The quantitative estimate of drug-likeness (QED) is 0.415. The monoisotopic (exact) mass is 481 g/mol. The number of nitrogens with zero attached hydrogens (tertiary/aromatic N) is 6. The van der Waals surface area contributed by atoms with Crippen LogP contribution in [0.4, 0.5) is 9.18 Å². The Labute approximate surface area is 200 Å². The van der Waals surface area contributed by atoms with Crippen LogP contribution in [0.1, 0.15) is 30.6 Å². The van der Waals surface area contributed by atoms with Crippen LogP contribution in [0.5, 0.6) is 5.75 Å². The first-order chi connectivity index (χ1) is 16.4. The fourth-order valence-corrected chi connectivity index (χ4v) is 3.40. The number of aromatic nitrogens is 6. The zero-order valence-corrected chi connectivity index (χ0v) is 19.3. The third-order valence-corrected chi connectivity index (χ3v) is 5.08. The minimum absolute atomic E-state index is 0.137. The van der Waals surface area contributed by atoms with Gasteiger partial charge in [-0.25, -0.2) is 9.18 Å². The number of nitrogens with one attached hydrogen (secondary N) is 1. The zero-order valence-electron chi connectivity index (χ0n) is 18.5. The van der Waals surface area contributed by atoms with Crippen LogP contribution in [0.15, 0.2) is 48.8 Å². The molecule has 0 atom stereocenters. The van der Waals surface area contributed by atoms with E-state index in [1.807, 2.05) is 13.8 Å². The smallest absolute Gasteiger partial charge is 0.410 e. The molecule has 2 heterocycles. The van der Waals surface area contributed by atoms with E-state index in [9.17, 15) is 9.18 Å². The Kier molecular flexibility index (Phi) is 7.07. The lowest BCUT2D eigenvalue weighted by molar-refractivity contribution is 0.200. The molecule has 2 aromatic carbocycles. The molecule has 4 aromatic rings. The molecule has 1 amide bonds. The largest absolute Gasteiger partial charge is 0.412 e. The molecule has 0 radical (unpaired) electrons. The third kappa shape index (κ3) is 5.52. The van der Waals surface area contributed by atoms with Gasteiger partial charge in [-0.15, -0.1) is 5.10 Å². The Morgan fingerprint density at radius 2 is 2.03 bits per heavy atom. The molecule has 0 unspecified atom stereocenters. The molecule has 0 aliphatic heterocycles. The van der Waals surface area contributed by atoms with Gasteiger partial charge in [-0.05, 0) is 59.7 Å². The second-order valence-corrected chi connectivity index (χ2v) is 7.93. The summed E-state index contributed by atoms with van der Waals surface area (Å²) >= 11 is 5.91. The van der Waals surface area contributed by atoms with Gasteiger partial charge in [0.25, 0.3) is 0 Å². The van der Waals surface area contributed by atoms with Crippen LogP contribution in [0.2, 0.25) is 5.02 Å². The maximum Gasteiger partial charge on any atom is 0.412 e. The average molecular weight is 482 g/mol. The van der Waals surface area contributed by atoms with E-state index in [1.54, 1.807) is 42.7 Å². The summed E-state index contributed by atoms with van der Waals surface area (Å²) in [5.41, 5.74) is 2.63. The summed E-state index contributed by atoms with van der Waals surface area (Å²) in [6, 6.07) is 9.25. The van der Waals surface area contributed by atoms with Crippen molar-refractivity contribution in [3.8, 4) is 22.6 Å². The summed E-state index contributed by atoms with van der Waals surface area (Å²) in [5, 5.41) is 14.8. The Morgan fingerprint density at radius 3 is 2.76 bits per heavy atom. The Hall–Kier alpha value is -3.92. The fraction of sp³-hybridized carbons (Fsp3) is 0.217. The fourth-order valence-electron chi connectivity index (χ4n) is 3.25. The van der Waals surface area contributed by atoms with Crippen LogP contribution < -0.4 is 10.1 Å². The van der Waals surface area contributed by atoms with Crippen molar-refractivity contribution in [1.82, 2.24) is 35.5 Å². The number of aryl methyl sites for hydroxylation is 2. The molecule has 0 aliphatic carbocycles. The highest BCUT2D eigenvalue weighted by molar-refractivity contribution is 6.30. The minimum Gasteiger partial charge on any atom is -0.410 e. The molecule has 0 aliphatic rings. The first-order valence-electron chi connectivity index (χ1n) is 10.5. The maximum absolute atomic E-state index is 14.7. The molecule has 4 rings (SSSR count). The summed E-state index contributed by atoms with van der Waals surface area (Å²) in [5.74, 6) is 0.306. The van der Waals surface area contributed by atoms with Gasteiger partial charge >= 0.3 is 6.09 Å². The first-order valence-corrected chi connectivity index (χ1v) is 10.9. The van der Waals surface area contributed by atoms with E-state index in [0.717, 1.165) is 12.1 Å². The number of amides is 1. The molecule has 34 heavy (non-hydrogen) atoms. The Morgan fingerprint density at radius 1 is 1.18 bits per heavy atom. The van der Waals surface area contributed by atoms with Gasteiger partial charge in [-0.1, -0.05) is 18.5 Å². The highest BCUT2D eigenvalue weighted by Crippen LogP contribution is 2.31. The molecule has 0 saturated heterocycles. The van der Waals surface area contributed by atoms with Gasteiger partial charge in [0.15, 0.2) is 5.82 Å². The molecular formula is C23H21ClFN7O2. The van der Waals surface area contributed by atoms with Crippen LogP contribution in [-0.4, -0.2) is 36.3 Å². The highest BCUT2D eigenvalue weighted by Gasteiger charge is 2.15. The molecule has 0 bridgehead atoms. The summed E-state index contributed by atoms with van der Waals surface area (Å²) in [6.07, 6.45) is 3.96. The summed E-state index contributed by atoms with van der Waals surface area (Å²) in [4.78, 5) is 20.8. The van der Waals surface area contributed by atoms with Crippen molar-refractivity contribution in [1.29, 1.82) is 0 Å². The lowest BCUT2D eigenvalue weighted by Gasteiger charge is -2.12. The van der Waals surface area contributed by atoms with Crippen LogP contribution >= 0.6 is 11.6 Å². The zero-order chi connectivity index (χ0) is 24.1. The summed E-state index contributed by atoms with van der Waals surface area (Å²) in [6.45, 7) is 3.97. The molecule has 0 fully saturated rings. The molecule has 11 heteroatoms. The van der Waals surface area contributed by atoms with E-state index in [2.05, 4.69) is 30.8 Å². The van der Waals surface area contributed by atoms with E-state index in [0.29, 0.717) is 29.2 Å². The number of carbonyl (C=O) groups excluding carboxylic acids is 1. The molecule has 0 saturated carbocycles. The van der Waals surface area contributed by atoms with Crippen molar-refractivity contribution in [2.75, 3.05) is 0 Å². The Bertz CT molecular complexity index is 1310. The second kappa shape index (κ2) is 10.3. The number of hydrogen-bond donors (Lipinski definition) is 1. The predicted molar refractivity (Wildman–Crippen MR) is 123 cm³/mol. The second-order valence-electron chi connectivity index (χ2n) is 7.49. The minimum atomic E-state index is -0.701. The van der Waals surface area contributed by atoms with Crippen molar-refractivity contribution < 1.29 is 13.9 Å². The lowest BCUT2D eigenvalue weighted by atomic mass is 10.0. The van der Waals surface area contributed by atoms with Crippen LogP contribution in [-0.2, 0) is 13.0 Å². The van der Waals surface area contributed by atoms with Crippen LogP contribution in [0.3, 0.4) is 0 Å². The molecule has 174 valence electrons. The van der Waals surface area contributed by atoms with Gasteiger partial charge in [-0.2, -0.15) is 4.68 Å². The third-order valence-electron chi connectivity index (χ3n) is 4.84. The molecule has 0 spiro atoms. The van der Waals surface area contributed by atoms with Crippen molar-refractivity contribution in [3.05, 3.63) is 76.8 Å². The number of tetrazole rings is 1. The van der Waals surface area contributed by atoms with E-state index < -0.39 is 11.9 Å². The van der Waals surface area contributed by atoms with Crippen molar-refractivity contribution >= 4 is 17.7 Å². The summed E-state index contributed by atoms with van der Waals surface area (Å²) in [7, 11) is 0. The molecule has 1 N–H and O–H groups in total. The van der Waals surface area contributed by atoms with Crippen LogP contribution in [0.25, 0.3) is 16.8 Å². The number of benzene rings is 2. The standard InChI is InChI=1S/C23H21ClFN7O2/c1-3-4-22-29-30-31-32(22)18-7-15(20-6-5-16(24)9-21(20)25)8-19(10-18)34-23(33)28-13-17-12-26-14(2)11-27-17/h5-12H,3-4,13H2,1-2H3,(H,28,33). The maximum atomic E-state index is 14.7. The SMILES string of the molecule is CCCc1nnnn1-c1cc(OC(=O)NCc2cnc(C)cn2)cc(-c2ccc(Cl)cc2F)c1. The molecular weight excluding hydrogens is 461 g/mol. The first kappa shape index (κ1) is 23.2. The van der Waals surface area contributed by atoms with Gasteiger partial charge in [-0.3, -0.25) is 9.97 Å². The molecule has 9 nitrogen and oxygen atoms in total. The van der Waals surface area contributed by atoms with Crippen molar-refractivity contribution in [2.45, 2.75) is 33.2 Å². The normalized spacial score (nSPS) is 10.8. The topological polar surface area (TPSA) is 108 Å². The van der Waals surface area contributed by atoms with Gasteiger partial charge in [0.1, 0.15) is 11.6 Å². The van der Waals surface area contributed by atoms with Crippen molar-refractivity contribution in [2.24, 2.45) is 0 Å². The average Bonchev–Trinajstić information content (AvgIpc) is 3.27.